The fourth-order valence-corrected chi connectivity index (χ4v) is 4.24. The normalized spacial score (nSPS) is 15.0. The van der Waals surface area contributed by atoms with Gasteiger partial charge < -0.3 is 15.3 Å². The molecule has 3 N–H and O–H groups in total. The van der Waals surface area contributed by atoms with Crippen molar-refractivity contribution in [1.29, 1.82) is 0 Å². The van der Waals surface area contributed by atoms with Crippen LogP contribution >= 0.6 is 0 Å². The number of hydrogen-bond acceptors (Lipinski definition) is 5. The number of H-pyrrole nitrogens is 1. The Morgan fingerprint density at radius 1 is 1.17 bits per heavy atom. The number of nitrogens with two attached hydrogens (primary N) is 1. The van der Waals surface area contributed by atoms with E-state index >= 15 is 0 Å². The third-order valence-electron chi connectivity index (χ3n) is 5.68. The fourth-order valence-electron chi connectivity index (χ4n) is 4.24. The molecule has 148 valence electrons. The SMILES string of the molecule is Nc1c(Cn2c(C3CCCC3)nc3nccnc32)c2ccc(F)c(F)c2[nH]c1=O. The van der Waals surface area contributed by atoms with Crippen LogP contribution in [0.3, 0.4) is 0 Å². The molecule has 0 saturated heterocycles. The average molecular weight is 396 g/mol. The van der Waals surface area contributed by atoms with Gasteiger partial charge in [-0.2, -0.15) is 0 Å². The molecule has 1 aliphatic carbocycles. The molecule has 0 aliphatic heterocycles. The Hall–Kier alpha value is -3.36. The van der Waals surface area contributed by atoms with E-state index in [0.29, 0.717) is 22.2 Å². The fraction of sp³-hybridized carbons (Fsp3) is 0.300. The largest absolute Gasteiger partial charge is 0.394 e. The van der Waals surface area contributed by atoms with Crippen LogP contribution in [0.4, 0.5) is 14.5 Å². The van der Waals surface area contributed by atoms with E-state index in [2.05, 4.69) is 19.9 Å². The van der Waals surface area contributed by atoms with Crippen LogP contribution in [0, 0.1) is 11.6 Å². The minimum atomic E-state index is -1.10. The standard InChI is InChI=1S/C20H18F2N6O/c21-13-6-5-11-12(15(23)20(29)26-16(11)14(13)22)9-28-18(10-3-1-2-4-10)27-17-19(28)25-8-7-24-17/h5-8,10H,1-4,9,23H2,(H,26,29). The number of nitrogens with zero attached hydrogens (tertiary/aromatic N) is 4. The maximum Gasteiger partial charge on any atom is 0.272 e. The lowest BCUT2D eigenvalue weighted by Crippen LogP contribution is -2.19. The van der Waals surface area contributed by atoms with Crippen LogP contribution in [0.15, 0.2) is 29.3 Å². The summed E-state index contributed by atoms with van der Waals surface area (Å²) < 4.78 is 29.9. The van der Waals surface area contributed by atoms with Gasteiger partial charge in [-0.25, -0.2) is 23.7 Å². The number of hydrogen-bond donors (Lipinski definition) is 2. The molecule has 3 heterocycles. The van der Waals surface area contributed by atoms with Crippen molar-refractivity contribution >= 4 is 27.9 Å². The van der Waals surface area contributed by atoms with E-state index in [0.717, 1.165) is 37.6 Å². The van der Waals surface area contributed by atoms with E-state index < -0.39 is 17.2 Å². The molecule has 1 aliphatic rings. The van der Waals surface area contributed by atoms with Gasteiger partial charge in [0, 0.05) is 29.3 Å². The molecule has 1 aromatic carbocycles. The first-order valence-corrected chi connectivity index (χ1v) is 9.50. The summed E-state index contributed by atoms with van der Waals surface area (Å²) in [5, 5.41) is 0.351. The van der Waals surface area contributed by atoms with E-state index in [9.17, 15) is 13.6 Å². The second kappa shape index (κ2) is 6.61. The number of nitrogen functional groups attached to an aromatic ring is 1. The quantitative estimate of drug-likeness (QED) is 0.553. The molecule has 0 bridgehead atoms. The molecule has 7 nitrogen and oxygen atoms in total. The number of benzene rings is 1. The third kappa shape index (κ3) is 2.76. The van der Waals surface area contributed by atoms with Gasteiger partial charge in [0.2, 0.25) is 0 Å². The Kier molecular flexibility index (Phi) is 4.04. The molecule has 0 unspecified atom stereocenters. The van der Waals surface area contributed by atoms with Gasteiger partial charge in [-0.1, -0.05) is 12.8 Å². The van der Waals surface area contributed by atoms with Crippen LogP contribution < -0.4 is 11.3 Å². The highest BCUT2D eigenvalue weighted by molar-refractivity contribution is 5.86. The summed E-state index contributed by atoms with van der Waals surface area (Å²) in [5.41, 5.74) is 6.68. The Morgan fingerprint density at radius 3 is 2.72 bits per heavy atom. The number of fused-ring (bicyclic) bond motifs is 2. The molecule has 5 rings (SSSR count). The summed E-state index contributed by atoms with van der Waals surface area (Å²) in [6, 6.07) is 2.46. The van der Waals surface area contributed by atoms with Gasteiger partial charge >= 0.3 is 0 Å². The van der Waals surface area contributed by atoms with Gasteiger partial charge in [0.1, 0.15) is 11.5 Å². The number of aromatic nitrogens is 5. The minimum Gasteiger partial charge on any atom is -0.394 e. The van der Waals surface area contributed by atoms with Crippen molar-refractivity contribution in [1.82, 2.24) is 24.5 Å². The van der Waals surface area contributed by atoms with E-state index in [-0.39, 0.29) is 23.7 Å². The number of pyridine rings is 1. The summed E-state index contributed by atoms with van der Waals surface area (Å²) >= 11 is 0. The van der Waals surface area contributed by atoms with Crippen LogP contribution in [-0.4, -0.2) is 24.5 Å². The molecule has 4 aromatic rings. The lowest BCUT2D eigenvalue weighted by Gasteiger charge is -2.16. The lowest BCUT2D eigenvalue weighted by molar-refractivity contribution is 0.515. The minimum absolute atomic E-state index is 0.0355. The van der Waals surface area contributed by atoms with Crippen LogP contribution in [0.25, 0.3) is 22.2 Å². The number of rotatable bonds is 3. The first-order chi connectivity index (χ1) is 14.0. The zero-order valence-corrected chi connectivity index (χ0v) is 15.5. The maximum absolute atomic E-state index is 14.3. The van der Waals surface area contributed by atoms with E-state index in [1.54, 1.807) is 12.4 Å². The smallest absolute Gasteiger partial charge is 0.272 e. The molecular weight excluding hydrogens is 378 g/mol. The maximum atomic E-state index is 14.3. The third-order valence-corrected chi connectivity index (χ3v) is 5.68. The van der Waals surface area contributed by atoms with Crippen molar-refractivity contribution in [2.24, 2.45) is 0 Å². The zero-order valence-electron chi connectivity index (χ0n) is 15.5. The molecule has 3 aromatic heterocycles. The van der Waals surface area contributed by atoms with Crippen molar-refractivity contribution in [3.8, 4) is 0 Å². The van der Waals surface area contributed by atoms with Crippen molar-refractivity contribution in [3.63, 3.8) is 0 Å². The summed E-state index contributed by atoms with van der Waals surface area (Å²) in [4.78, 5) is 28.1. The molecule has 0 atom stereocenters. The number of aromatic amines is 1. The van der Waals surface area contributed by atoms with Crippen LogP contribution in [-0.2, 0) is 6.54 Å². The molecule has 9 heteroatoms. The summed E-state index contributed by atoms with van der Waals surface area (Å²) in [6.45, 7) is 0.165. The van der Waals surface area contributed by atoms with Crippen molar-refractivity contribution < 1.29 is 8.78 Å². The molecule has 0 amide bonds. The summed E-state index contributed by atoms with van der Waals surface area (Å²) in [7, 11) is 0. The molecule has 0 radical (unpaired) electrons. The van der Waals surface area contributed by atoms with E-state index in [1.165, 1.54) is 6.07 Å². The highest BCUT2D eigenvalue weighted by Gasteiger charge is 2.26. The van der Waals surface area contributed by atoms with Gasteiger partial charge in [-0.15, -0.1) is 0 Å². The van der Waals surface area contributed by atoms with Crippen LogP contribution in [0.2, 0.25) is 0 Å². The van der Waals surface area contributed by atoms with Crippen molar-refractivity contribution in [2.75, 3.05) is 5.73 Å². The van der Waals surface area contributed by atoms with Gasteiger partial charge in [0.25, 0.3) is 5.56 Å². The first kappa shape index (κ1) is 17.7. The molecule has 0 spiro atoms. The van der Waals surface area contributed by atoms with E-state index in [1.807, 2.05) is 4.57 Å². The number of imidazole rings is 1. The van der Waals surface area contributed by atoms with Gasteiger partial charge in [-0.3, -0.25) is 4.79 Å². The van der Waals surface area contributed by atoms with Gasteiger partial charge in [0.05, 0.1) is 12.1 Å². The van der Waals surface area contributed by atoms with Gasteiger partial charge in [-0.05, 0) is 25.0 Å². The monoisotopic (exact) mass is 396 g/mol. The summed E-state index contributed by atoms with van der Waals surface area (Å²) in [6.07, 6.45) is 7.41. The molecule has 29 heavy (non-hydrogen) atoms. The number of anilines is 1. The molecule has 1 saturated carbocycles. The first-order valence-electron chi connectivity index (χ1n) is 9.50. The Bertz CT molecular complexity index is 1310. The Morgan fingerprint density at radius 2 is 1.93 bits per heavy atom. The summed E-state index contributed by atoms with van der Waals surface area (Å²) in [5.74, 6) is -1.05. The number of nitrogens with one attached hydrogen (secondary N) is 1. The van der Waals surface area contributed by atoms with Crippen molar-refractivity contribution in [2.45, 2.75) is 38.1 Å². The predicted octanol–water partition coefficient (Wildman–Crippen LogP) is 3.23. The lowest BCUT2D eigenvalue weighted by atomic mass is 10.0. The predicted molar refractivity (Wildman–Crippen MR) is 105 cm³/mol. The zero-order chi connectivity index (χ0) is 20.1. The van der Waals surface area contributed by atoms with Crippen molar-refractivity contribution in [3.05, 3.63) is 57.9 Å². The Labute approximate surface area is 163 Å². The van der Waals surface area contributed by atoms with Crippen LogP contribution in [0.5, 0.6) is 0 Å². The molecular formula is C20H18F2N6O. The van der Waals surface area contributed by atoms with E-state index in [4.69, 9.17) is 5.73 Å². The average Bonchev–Trinajstić information content (AvgIpc) is 3.37. The topological polar surface area (TPSA) is 102 Å². The Balaban J connectivity index is 1.75. The highest BCUT2D eigenvalue weighted by atomic mass is 19.2. The molecule has 1 fully saturated rings. The van der Waals surface area contributed by atoms with Crippen LogP contribution in [0.1, 0.15) is 43.0 Å². The van der Waals surface area contributed by atoms with Gasteiger partial charge in [0.15, 0.2) is 22.9 Å². The number of halogens is 2. The highest BCUT2D eigenvalue weighted by Crippen LogP contribution is 2.35. The second-order valence-corrected chi connectivity index (χ2v) is 7.37. The second-order valence-electron chi connectivity index (χ2n) is 7.37.